The van der Waals surface area contributed by atoms with Crippen LogP contribution in [0.3, 0.4) is 0 Å². The summed E-state index contributed by atoms with van der Waals surface area (Å²) in [6, 6.07) is 0.467. The lowest BCUT2D eigenvalue weighted by Crippen LogP contribution is -2.49. The molecule has 5 heteroatoms. The van der Waals surface area contributed by atoms with Gasteiger partial charge >= 0.3 is 6.03 Å². The molecule has 1 fully saturated rings. The van der Waals surface area contributed by atoms with Crippen molar-refractivity contribution in [3.05, 3.63) is 0 Å². The normalized spacial score (nSPS) is 16.1. The Bertz CT molecular complexity index is 486. The van der Waals surface area contributed by atoms with Crippen molar-refractivity contribution in [2.45, 2.75) is 148 Å². The van der Waals surface area contributed by atoms with Gasteiger partial charge in [-0.25, -0.2) is 4.79 Å². The first-order chi connectivity index (χ1) is 17.6. The molecule has 1 rings (SSSR count). The molecule has 2 amide bonds. The van der Waals surface area contributed by atoms with Gasteiger partial charge in [0.1, 0.15) is 0 Å². The molecule has 0 aromatic rings. The third-order valence-corrected chi connectivity index (χ3v) is 7.68. The number of hydrogen-bond acceptors (Lipinski definition) is 3. The molecule has 0 radical (unpaired) electrons. The number of nitrogens with one attached hydrogen (secondary N) is 1. The van der Waals surface area contributed by atoms with Crippen molar-refractivity contribution >= 4 is 6.03 Å². The minimum absolute atomic E-state index is 0.122. The first-order valence-electron chi connectivity index (χ1n) is 15.9. The molecule has 1 aliphatic rings. The van der Waals surface area contributed by atoms with E-state index in [1.54, 1.807) is 0 Å². The fourth-order valence-corrected chi connectivity index (χ4v) is 5.33. The van der Waals surface area contributed by atoms with Gasteiger partial charge in [-0.2, -0.15) is 0 Å². The number of piperidine rings is 1. The summed E-state index contributed by atoms with van der Waals surface area (Å²) in [4.78, 5) is 16.8. The van der Waals surface area contributed by atoms with Crippen molar-refractivity contribution in [3.8, 4) is 0 Å². The van der Waals surface area contributed by atoms with Crippen LogP contribution >= 0.6 is 0 Å². The molecule has 1 heterocycles. The van der Waals surface area contributed by atoms with Gasteiger partial charge in [-0.1, -0.05) is 103 Å². The summed E-state index contributed by atoms with van der Waals surface area (Å²) in [5.74, 6) is 0. The van der Waals surface area contributed by atoms with Crippen LogP contribution in [0.1, 0.15) is 142 Å². The van der Waals surface area contributed by atoms with E-state index >= 15 is 0 Å². The lowest BCUT2D eigenvalue weighted by molar-refractivity contribution is 0.0895. The summed E-state index contributed by atoms with van der Waals surface area (Å²) in [6.07, 6.45) is 27.9. The zero-order valence-corrected chi connectivity index (χ0v) is 24.7. The molecule has 1 N–H and O–H groups in total. The molecule has 5 nitrogen and oxygen atoms in total. The van der Waals surface area contributed by atoms with Crippen LogP contribution in [0.4, 0.5) is 4.79 Å². The number of ether oxygens (including phenoxy) is 1. The highest BCUT2D eigenvalue weighted by atomic mass is 16.5. The van der Waals surface area contributed by atoms with Crippen molar-refractivity contribution in [3.63, 3.8) is 0 Å². The van der Waals surface area contributed by atoms with Crippen molar-refractivity contribution in [1.29, 1.82) is 0 Å². The number of likely N-dealkylation sites (tertiary alicyclic amines) is 1. The summed E-state index contributed by atoms with van der Waals surface area (Å²) in [7, 11) is 4.14. The Kier molecular flexibility index (Phi) is 22.6. The van der Waals surface area contributed by atoms with Gasteiger partial charge in [0.05, 0.1) is 0 Å². The fraction of sp³-hybridized carbons (Fsp3) is 0.968. The van der Waals surface area contributed by atoms with E-state index in [-0.39, 0.29) is 6.03 Å². The van der Waals surface area contributed by atoms with Gasteiger partial charge in [0.25, 0.3) is 0 Å². The summed E-state index contributed by atoms with van der Waals surface area (Å²) in [6.45, 7) is 6.62. The number of unbranched alkanes of at least 4 members (excludes halogenated alkanes) is 15. The standard InChI is InChI=1S/C31H63N3O2/c1-4-5-6-7-8-9-10-11-12-13-14-15-16-17-18-21-28-36-29-24-30-23-19-20-27-34(30)31(35)32-25-22-26-33(2)3/h30H,4-29H2,1-3H3,(H,32,35). The van der Waals surface area contributed by atoms with E-state index < -0.39 is 0 Å². The molecule has 0 aromatic heterocycles. The first-order valence-corrected chi connectivity index (χ1v) is 15.9. The molecular formula is C31H63N3O2. The number of hydrogen-bond donors (Lipinski definition) is 1. The average molecular weight is 510 g/mol. The molecule has 36 heavy (non-hydrogen) atoms. The summed E-state index contributed by atoms with van der Waals surface area (Å²) < 4.78 is 5.94. The second-order valence-electron chi connectivity index (χ2n) is 11.4. The molecule has 1 saturated heterocycles. The predicted octanol–water partition coefficient (Wildman–Crippen LogP) is 8.17. The van der Waals surface area contributed by atoms with Gasteiger partial charge in [-0.15, -0.1) is 0 Å². The van der Waals surface area contributed by atoms with Gasteiger partial charge in [0, 0.05) is 32.3 Å². The second kappa shape index (κ2) is 24.5. The topological polar surface area (TPSA) is 44.8 Å². The molecule has 1 aliphatic heterocycles. The van der Waals surface area contributed by atoms with E-state index in [0.717, 1.165) is 58.5 Å². The van der Waals surface area contributed by atoms with Crippen LogP contribution in [0.15, 0.2) is 0 Å². The van der Waals surface area contributed by atoms with Gasteiger partial charge in [-0.05, 0) is 59.2 Å². The van der Waals surface area contributed by atoms with E-state index in [4.69, 9.17) is 4.74 Å². The molecule has 1 atom stereocenters. The molecule has 0 aliphatic carbocycles. The highest BCUT2D eigenvalue weighted by Crippen LogP contribution is 2.20. The second-order valence-corrected chi connectivity index (χ2v) is 11.4. The van der Waals surface area contributed by atoms with Crippen molar-refractivity contribution < 1.29 is 9.53 Å². The maximum atomic E-state index is 12.6. The van der Waals surface area contributed by atoms with Gasteiger partial charge in [0.2, 0.25) is 0 Å². The Balaban J connectivity index is 1.88. The average Bonchev–Trinajstić information content (AvgIpc) is 2.88. The SMILES string of the molecule is CCCCCCCCCCCCCCCCCCOCCC1CCCCN1C(=O)NCCCN(C)C. The third kappa shape index (κ3) is 19.3. The van der Waals surface area contributed by atoms with Crippen molar-refractivity contribution in [2.75, 3.05) is 46.9 Å². The van der Waals surface area contributed by atoms with Crippen molar-refractivity contribution in [2.24, 2.45) is 0 Å². The largest absolute Gasteiger partial charge is 0.381 e. The highest BCUT2D eigenvalue weighted by molar-refractivity contribution is 5.74. The number of rotatable bonds is 24. The van der Waals surface area contributed by atoms with Crippen LogP contribution in [0.5, 0.6) is 0 Å². The van der Waals surface area contributed by atoms with Crippen LogP contribution in [0, 0.1) is 0 Å². The van der Waals surface area contributed by atoms with E-state index in [9.17, 15) is 4.79 Å². The summed E-state index contributed by atoms with van der Waals surface area (Å²) in [5.41, 5.74) is 0. The minimum Gasteiger partial charge on any atom is -0.381 e. The van der Waals surface area contributed by atoms with E-state index in [0.29, 0.717) is 6.04 Å². The molecule has 0 aromatic carbocycles. The molecule has 1 unspecified atom stereocenters. The molecule has 0 spiro atoms. The van der Waals surface area contributed by atoms with Crippen LogP contribution in [0.2, 0.25) is 0 Å². The van der Waals surface area contributed by atoms with Crippen molar-refractivity contribution in [1.82, 2.24) is 15.1 Å². The lowest BCUT2D eigenvalue weighted by atomic mass is 10.00. The smallest absolute Gasteiger partial charge is 0.317 e. The molecule has 0 bridgehead atoms. The van der Waals surface area contributed by atoms with Crippen LogP contribution in [-0.4, -0.2) is 68.8 Å². The van der Waals surface area contributed by atoms with Crippen LogP contribution in [0.25, 0.3) is 0 Å². The summed E-state index contributed by atoms with van der Waals surface area (Å²) in [5, 5.41) is 3.12. The molecular weight excluding hydrogens is 446 g/mol. The predicted molar refractivity (Wildman–Crippen MR) is 156 cm³/mol. The zero-order chi connectivity index (χ0) is 26.1. The van der Waals surface area contributed by atoms with E-state index in [2.05, 4.69) is 36.1 Å². The Morgan fingerprint density at radius 2 is 1.33 bits per heavy atom. The minimum atomic E-state index is 0.122. The Morgan fingerprint density at radius 1 is 0.778 bits per heavy atom. The quantitative estimate of drug-likeness (QED) is 0.133. The maximum absolute atomic E-state index is 12.6. The van der Waals surface area contributed by atoms with Gasteiger partial charge < -0.3 is 19.9 Å². The number of amides is 2. The monoisotopic (exact) mass is 509 g/mol. The molecule has 214 valence electrons. The van der Waals surface area contributed by atoms with Crippen LogP contribution in [-0.2, 0) is 4.74 Å². The van der Waals surface area contributed by atoms with Gasteiger partial charge in [-0.3, -0.25) is 0 Å². The summed E-state index contributed by atoms with van der Waals surface area (Å²) >= 11 is 0. The lowest BCUT2D eigenvalue weighted by Gasteiger charge is -2.35. The highest BCUT2D eigenvalue weighted by Gasteiger charge is 2.26. The van der Waals surface area contributed by atoms with E-state index in [1.165, 1.54) is 109 Å². The number of carbonyl (C=O) groups is 1. The zero-order valence-electron chi connectivity index (χ0n) is 24.7. The number of carbonyl (C=O) groups excluding carboxylic acids is 1. The number of nitrogens with zero attached hydrogens (tertiary/aromatic N) is 2. The van der Waals surface area contributed by atoms with Crippen LogP contribution < -0.4 is 5.32 Å². The Labute approximate surface area is 225 Å². The maximum Gasteiger partial charge on any atom is 0.317 e. The first kappa shape index (κ1) is 33.2. The van der Waals surface area contributed by atoms with E-state index in [1.807, 2.05) is 0 Å². The third-order valence-electron chi connectivity index (χ3n) is 7.68. The number of urea groups is 1. The fourth-order valence-electron chi connectivity index (χ4n) is 5.33. The Morgan fingerprint density at radius 3 is 1.89 bits per heavy atom. The molecule has 0 saturated carbocycles. The Hall–Kier alpha value is -0.810. The van der Waals surface area contributed by atoms with Gasteiger partial charge in [0.15, 0.2) is 0 Å².